The summed E-state index contributed by atoms with van der Waals surface area (Å²) in [6.07, 6.45) is 3.99. The maximum Gasteiger partial charge on any atom is 0.322 e. The van der Waals surface area contributed by atoms with E-state index in [0.29, 0.717) is 35.6 Å². The number of ether oxygens (including phenoxy) is 1. The molecule has 2 bridgehead atoms. The first-order valence-corrected chi connectivity index (χ1v) is 11.2. The zero-order chi connectivity index (χ0) is 22.2. The van der Waals surface area contributed by atoms with Crippen LogP contribution >= 0.6 is 0 Å². The van der Waals surface area contributed by atoms with E-state index >= 15 is 0 Å². The van der Waals surface area contributed by atoms with Gasteiger partial charge in [0.05, 0.1) is 6.04 Å². The number of piperidine rings is 1. The summed E-state index contributed by atoms with van der Waals surface area (Å²) in [4.78, 5) is 15.7. The van der Waals surface area contributed by atoms with E-state index in [1.165, 1.54) is 25.0 Å². The molecular weight excluding hydrogens is 409 g/mol. The molecule has 2 aromatic heterocycles. The molecule has 1 aliphatic carbocycles. The first kappa shape index (κ1) is 20.7. The molecular formula is C23H28FN7O. The molecule has 32 heavy (non-hydrogen) atoms. The van der Waals surface area contributed by atoms with Crippen molar-refractivity contribution in [2.45, 2.75) is 45.7 Å². The van der Waals surface area contributed by atoms with Crippen molar-refractivity contribution in [1.29, 1.82) is 0 Å². The van der Waals surface area contributed by atoms with Crippen LogP contribution in [-0.4, -0.2) is 43.9 Å². The molecule has 2 aliphatic rings. The van der Waals surface area contributed by atoms with Crippen molar-refractivity contribution < 1.29 is 9.13 Å². The minimum atomic E-state index is -0.302. The molecule has 0 spiro atoms. The van der Waals surface area contributed by atoms with Crippen molar-refractivity contribution in [3.63, 3.8) is 0 Å². The largest absolute Gasteiger partial charge is 0.424 e. The highest BCUT2D eigenvalue weighted by atomic mass is 19.1. The Hall–Kier alpha value is -3.23. The summed E-state index contributed by atoms with van der Waals surface area (Å²) in [5.74, 6) is 2.80. The number of benzene rings is 1. The van der Waals surface area contributed by atoms with Crippen LogP contribution in [0.1, 0.15) is 38.4 Å². The Morgan fingerprint density at radius 2 is 1.81 bits per heavy atom. The fourth-order valence-electron chi connectivity index (χ4n) is 4.79. The highest BCUT2D eigenvalue weighted by Crippen LogP contribution is 2.40. The summed E-state index contributed by atoms with van der Waals surface area (Å²) in [7, 11) is 0. The van der Waals surface area contributed by atoms with Gasteiger partial charge in [0.25, 0.3) is 0 Å². The molecule has 0 amide bonds. The van der Waals surface area contributed by atoms with Gasteiger partial charge in [-0.05, 0) is 69.7 Å². The predicted octanol–water partition coefficient (Wildman–Crippen LogP) is 4.22. The van der Waals surface area contributed by atoms with Gasteiger partial charge in [0, 0.05) is 30.9 Å². The third kappa shape index (κ3) is 4.11. The molecule has 1 aliphatic heterocycles. The van der Waals surface area contributed by atoms with Crippen molar-refractivity contribution in [1.82, 2.24) is 24.7 Å². The number of aryl methyl sites for hydroxylation is 1. The van der Waals surface area contributed by atoms with Crippen LogP contribution in [0, 0.1) is 24.6 Å². The molecule has 1 unspecified atom stereocenters. The first-order valence-electron chi connectivity index (χ1n) is 11.2. The number of fused-ring (bicyclic) bond motifs is 2. The number of anilines is 2. The van der Waals surface area contributed by atoms with E-state index in [4.69, 9.17) is 4.74 Å². The Bertz CT molecular complexity index is 1070. The molecule has 168 valence electrons. The van der Waals surface area contributed by atoms with Crippen LogP contribution in [0.4, 0.5) is 16.2 Å². The minimum Gasteiger partial charge on any atom is -0.424 e. The van der Waals surface area contributed by atoms with Crippen LogP contribution < -0.4 is 15.0 Å². The molecule has 1 aromatic carbocycles. The summed E-state index contributed by atoms with van der Waals surface area (Å²) < 4.78 is 20.9. The lowest BCUT2D eigenvalue weighted by molar-refractivity contribution is 0.373. The van der Waals surface area contributed by atoms with Gasteiger partial charge in [-0.25, -0.2) is 19.0 Å². The minimum absolute atomic E-state index is 0.0769. The lowest BCUT2D eigenvalue weighted by Crippen LogP contribution is -2.48. The van der Waals surface area contributed by atoms with Gasteiger partial charge in [0.1, 0.15) is 23.7 Å². The van der Waals surface area contributed by atoms with Crippen molar-refractivity contribution in [3.8, 4) is 11.8 Å². The predicted molar refractivity (Wildman–Crippen MR) is 119 cm³/mol. The van der Waals surface area contributed by atoms with Crippen LogP contribution in [0.15, 0.2) is 36.7 Å². The molecule has 3 aromatic rings. The molecule has 1 N–H and O–H groups in total. The smallest absolute Gasteiger partial charge is 0.322 e. The van der Waals surface area contributed by atoms with Crippen molar-refractivity contribution in [2.75, 3.05) is 23.3 Å². The summed E-state index contributed by atoms with van der Waals surface area (Å²) in [6, 6.07) is 8.76. The SMILES string of the molecule is Cc1cc(N2C[C@H]3CC[C@@H](C2)C3Nc2nc(Oc3ccc(F)cc3)n(C(C)C)n2)ncn1. The number of halogens is 1. The average Bonchev–Trinajstić information content (AvgIpc) is 3.26. The number of nitrogens with one attached hydrogen (secondary N) is 1. The molecule has 5 rings (SSSR count). The molecule has 3 heterocycles. The maximum absolute atomic E-state index is 13.2. The first-order chi connectivity index (χ1) is 15.5. The van der Waals surface area contributed by atoms with E-state index in [9.17, 15) is 4.39 Å². The Balaban J connectivity index is 1.31. The Kier molecular flexibility index (Phi) is 5.40. The van der Waals surface area contributed by atoms with Crippen molar-refractivity contribution in [2.24, 2.45) is 11.8 Å². The zero-order valence-electron chi connectivity index (χ0n) is 18.6. The molecule has 9 heteroatoms. The van der Waals surface area contributed by atoms with E-state index in [-0.39, 0.29) is 11.9 Å². The quantitative estimate of drug-likeness (QED) is 0.618. The monoisotopic (exact) mass is 437 g/mol. The summed E-state index contributed by atoms with van der Waals surface area (Å²) in [5, 5.41) is 8.26. The number of nitrogens with zero attached hydrogens (tertiary/aromatic N) is 6. The molecule has 0 radical (unpaired) electrons. The third-order valence-electron chi connectivity index (χ3n) is 6.35. The Morgan fingerprint density at radius 1 is 1.09 bits per heavy atom. The van der Waals surface area contributed by atoms with Gasteiger partial charge in [0.2, 0.25) is 5.95 Å². The molecule has 3 atom stereocenters. The van der Waals surface area contributed by atoms with Gasteiger partial charge in [-0.15, -0.1) is 5.10 Å². The van der Waals surface area contributed by atoms with Crippen LogP contribution in [0.2, 0.25) is 0 Å². The van der Waals surface area contributed by atoms with Gasteiger partial charge >= 0.3 is 6.01 Å². The summed E-state index contributed by atoms with van der Waals surface area (Å²) in [5.41, 5.74) is 0.986. The summed E-state index contributed by atoms with van der Waals surface area (Å²) in [6.45, 7) is 7.96. The van der Waals surface area contributed by atoms with E-state index in [1.54, 1.807) is 23.1 Å². The second kappa shape index (κ2) is 8.37. The summed E-state index contributed by atoms with van der Waals surface area (Å²) >= 11 is 0. The van der Waals surface area contributed by atoms with E-state index < -0.39 is 0 Å². The lowest BCUT2D eigenvalue weighted by atomic mass is 9.92. The van der Waals surface area contributed by atoms with Crippen LogP contribution in [-0.2, 0) is 0 Å². The topological polar surface area (TPSA) is 81.0 Å². The van der Waals surface area contributed by atoms with Gasteiger partial charge in [-0.3, -0.25) is 0 Å². The molecule has 8 nitrogen and oxygen atoms in total. The van der Waals surface area contributed by atoms with E-state index in [0.717, 1.165) is 24.6 Å². The third-order valence-corrected chi connectivity index (χ3v) is 6.35. The van der Waals surface area contributed by atoms with Gasteiger partial charge in [-0.1, -0.05) is 0 Å². The Morgan fingerprint density at radius 3 is 2.47 bits per heavy atom. The fraction of sp³-hybridized carbons (Fsp3) is 0.478. The highest BCUT2D eigenvalue weighted by molar-refractivity contribution is 5.42. The van der Waals surface area contributed by atoms with Gasteiger partial charge < -0.3 is 15.0 Å². The van der Waals surface area contributed by atoms with Gasteiger partial charge in [0.15, 0.2) is 0 Å². The number of hydrogen-bond donors (Lipinski definition) is 1. The van der Waals surface area contributed by atoms with Gasteiger partial charge in [-0.2, -0.15) is 4.98 Å². The average molecular weight is 438 g/mol. The Labute approximate surface area is 186 Å². The molecule has 1 saturated heterocycles. The molecule has 2 fully saturated rings. The van der Waals surface area contributed by atoms with Crippen LogP contribution in [0.25, 0.3) is 0 Å². The maximum atomic E-state index is 13.2. The zero-order valence-corrected chi connectivity index (χ0v) is 18.6. The second-order valence-electron chi connectivity index (χ2n) is 9.00. The second-order valence-corrected chi connectivity index (χ2v) is 9.00. The number of hydrogen-bond acceptors (Lipinski definition) is 7. The molecule has 1 saturated carbocycles. The normalized spacial score (nSPS) is 22.4. The lowest BCUT2D eigenvalue weighted by Gasteiger charge is -2.38. The van der Waals surface area contributed by atoms with Crippen molar-refractivity contribution in [3.05, 3.63) is 48.2 Å². The number of rotatable bonds is 6. The highest BCUT2D eigenvalue weighted by Gasteiger charge is 2.43. The fourth-order valence-corrected chi connectivity index (χ4v) is 4.79. The van der Waals surface area contributed by atoms with Crippen LogP contribution in [0.5, 0.6) is 11.8 Å². The van der Waals surface area contributed by atoms with Crippen molar-refractivity contribution >= 4 is 11.8 Å². The number of aromatic nitrogens is 5. The standard InChI is InChI=1S/C23H28FN7O/c1-14(2)31-23(32-19-8-6-18(24)7-9-19)28-22(29-31)27-21-16-4-5-17(21)12-30(11-16)20-10-15(3)25-13-26-20/h6-10,13-14,16-17,21H,4-5,11-12H2,1-3H3,(H,27,29)/t16-,17+,21?. The van der Waals surface area contributed by atoms with E-state index in [2.05, 4.69) is 36.3 Å². The van der Waals surface area contributed by atoms with Crippen LogP contribution in [0.3, 0.4) is 0 Å². The van der Waals surface area contributed by atoms with E-state index in [1.807, 2.05) is 20.8 Å².